The molecular weight excluding hydrogens is 300 g/mol. The summed E-state index contributed by atoms with van der Waals surface area (Å²) in [5, 5.41) is 5.85. The Balaban J connectivity index is 1.64. The van der Waals surface area contributed by atoms with Gasteiger partial charge >= 0.3 is 0 Å². The smallest absolute Gasteiger partial charge is 0.253 e. The molecule has 0 radical (unpaired) electrons. The molecule has 2 aromatic rings. The Morgan fingerprint density at radius 3 is 2.42 bits per heavy atom. The molecule has 1 atom stereocenters. The fourth-order valence-corrected chi connectivity index (χ4v) is 2.66. The van der Waals surface area contributed by atoms with Crippen LogP contribution >= 0.6 is 0 Å². The predicted octanol–water partition coefficient (Wildman–Crippen LogP) is 3.71. The Morgan fingerprint density at radius 2 is 1.71 bits per heavy atom. The number of carbonyl (C=O) groups is 2. The van der Waals surface area contributed by atoms with Gasteiger partial charge in [-0.25, -0.2) is 0 Å². The average Bonchev–Trinajstić information content (AvgIpc) is 3.40. The molecule has 0 spiro atoms. The number of anilines is 1. The summed E-state index contributed by atoms with van der Waals surface area (Å²) in [5.74, 6) is -0.0822. The van der Waals surface area contributed by atoms with E-state index in [1.807, 2.05) is 49.4 Å². The Bertz CT molecular complexity index is 723. The first-order valence-corrected chi connectivity index (χ1v) is 8.38. The van der Waals surface area contributed by atoms with Crippen LogP contribution in [0.5, 0.6) is 0 Å². The molecule has 0 aliphatic heterocycles. The average molecular weight is 322 g/mol. The maximum absolute atomic E-state index is 12.4. The van der Waals surface area contributed by atoms with Gasteiger partial charge in [0.25, 0.3) is 5.91 Å². The molecule has 1 fully saturated rings. The maximum atomic E-state index is 12.4. The van der Waals surface area contributed by atoms with Crippen LogP contribution in [0.15, 0.2) is 54.6 Å². The second-order valence-electron chi connectivity index (χ2n) is 6.36. The van der Waals surface area contributed by atoms with Gasteiger partial charge in [-0.2, -0.15) is 0 Å². The van der Waals surface area contributed by atoms with Crippen LogP contribution in [0.2, 0.25) is 0 Å². The SMILES string of the molecule is CC(CC(=O)Nc1ccccc1C(=O)NC1CC1)c1ccccc1. The number of nitrogens with one attached hydrogen (secondary N) is 2. The van der Waals surface area contributed by atoms with Gasteiger partial charge in [0.2, 0.25) is 5.91 Å². The topological polar surface area (TPSA) is 58.2 Å². The molecule has 0 aromatic heterocycles. The second-order valence-corrected chi connectivity index (χ2v) is 6.36. The van der Waals surface area contributed by atoms with Crippen molar-refractivity contribution in [3.05, 3.63) is 65.7 Å². The molecule has 124 valence electrons. The van der Waals surface area contributed by atoms with Crippen molar-refractivity contribution in [3.8, 4) is 0 Å². The van der Waals surface area contributed by atoms with E-state index in [9.17, 15) is 9.59 Å². The third-order valence-electron chi connectivity index (χ3n) is 4.22. The van der Waals surface area contributed by atoms with Gasteiger partial charge in [-0.1, -0.05) is 49.4 Å². The van der Waals surface area contributed by atoms with Crippen molar-refractivity contribution in [1.82, 2.24) is 5.32 Å². The molecule has 1 saturated carbocycles. The van der Waals surface area contributed by atoms with E-state index in [1.54, 1.807) is 12.1 Å². The molecule has 4 heteroatoms. The normalized spacial score (nSPS) is 14.7. The van der Waals surface area contributed by atoms with Gasteiger partial charge in [0, 0.05) is 12.5 Å². The van der Waals surface area contributed by atoms with Gasteiger partial charge in [0.05, 0.1) is 11.3 Å². The molecule has 1 aliphatic rings. The Labute approximate surface area is 142 Å². The molecule has 4 nitrogen and oxygen atoms in total. The summed E-state index contributed by atoms with van der Waals surface area (Å²) in [4.78, 5) is 24.6. The number of hydrogen-bond acceptors (Lipinski definition) is 2. The summed E-state index contributed by atoms with van der Waals surface area (Å²) in [5.41, 5.74) is 2.22. The van der Waals surface area contributed by atoms with Gasteiger partial charge in [0.1, 0.15) is 0 Å². The van der Waals surface area contributed by atoms with Crippen molar-refractivity contribution in [3.63, 3.8) is 0 Å². The van der Waals surface area contributed by atoms with Gasteiger partial charge in [-0.05, 0) is 36.5 Å². The Morgan fingerprint density at radius 1 is 1.04 bits per heavy atom. The zero-order valence-electron chi connectivity index (χ0n) is 13.8. The first-order chi connectivity index (χ1) is 11.6. The highest BCUT2D eigenvalue weighted by Gasteiger charge is 2.25. The van der Waals surface area contributed by atoms with Crippen molar-refractivity contribution in [1.29, 1.82) is 0 Å². The van der Waals surface area contributed by atoms with Gasteiger partial charge in [-0.3, -0.25) is 9.59 Å². The first-order valence-electron chi connectivity index (χ1n) is 8.38. The van der Waals surface area contributed by atoms with E-state index in [4.69, 9.17) is 0 Å². The highest BCUT2D eigenvalue weighted by atomic mass is 16.2. The van der Waals surface area contributed by atoms with E-state index in [0.29, 0.717) is 23.7 Å². The largest absolute Gasteiger partial charge is 0.349 e. The summed E-state index contributed by atoms with van der Waals surface area (Å²) in [6, 6.07) is 17.4. The maximum Gasteiger partial charge on any atom is 0.253 e. The van der Waals surface area contributed by atoms with Crippen LogP contribution in [0.4, 0.5) is 5.69 Å². The minimum atomic E-state index is -0.121. The van der Waals surface area contributed by atoms with E-state index in [0.717, 1.165) is 18.4 Å². The first kappa shape index (κ1) is 16.2. The summed E-state index contributed by atoms with van der Waals surface area (Å²) in [6.07, 6.45) is 2.45. The molecule has 0 saturated heterocycles. The van der Waals surface area contributed by atoms with Crippen molar-refractivity contribution < 1.29 is 9.59 Å². The lowest BCUT2D eigenvalue weighted by Crippen LogP contribution is -2.27. The lowest BCUT2D eigenvalue weighted by atomic mass is 9.97. The number of amides is 2. The monoisotopic (exact) mass is 322 g/mol. The van der Waals surface area contributed by atoms with Gasteiger partial charge in [0.15, 0.2) is 0 Å². The summed E-state index contributed by atoms with van der Waals surface area (Å²) in [6.45, 7) is 2.03. The minimum absolute atomic E-state index is 0.0852. The van der Waals surface area contributed by atoms with Crippen molar-refractivity contribution in [2.24, 2.45) is 0 Å². The van der Waals surface area contributed by atoms with E-state index >= 15 is 0 Å². The van der Waals surface area contributed by atoms with Crippen molar-refractivity contribution in [2.75, 3.05) is 5.32 Å². The molecule has 0 heterocycles. The molecule has 1 aliphatic carbocycles. The van der Waals surface area contributed by atoms with E-state index in [2.05, 4.69) is 10.6 Å². The number of benzene rings is 2. The zero-order valence-corrected chi connectivity index (χ0v) is 13.8. The lowest BCUT2D eigenvalue weighted by molar-refractivity contribution is -0.116. The number of rotatable bonds is 6. The molecule has 3 rings (SSSR count). The fourth-order valence-electron chi connectivity index (χ4n) is 2.66. The second kappa shape index (κ2) is 7.30. The van der Waals surface area contributed by atoms with Crippen LogP contribution < -0.4 is 10.6 Å². The van der Waals surface area contributed by atoms with Crippen molar-refractivity contribution in [2.45, 2.75) is 38.1 Å². The Kier molecular flexibility index (Phi) is 4.94. The molecule has 0 bridgehead atoms. The van der Waals surface area contributed by atoms with E-state index in [1.165, 1.54) is 0 Å². The highest BCUT2D eigenvalue weighted by molar-refractivity contribution is 6.04. The van der Waals surface area contributed by atoms with Gasteiger partial charge < -0.3 is 10.6 Å². The van der Waals surface area contributed by atoms with Crippen LogP contribution in [0, 0.1) is 0 Å². The number of carbonyl (C=O) groups excluding carboxylic acids is 2. The van der Waals surface area contributed by atoms with Crippen LogP contribution in [0.1, 0.15) is 48.0 Å². The third kappa shape index (κ3) is 4.22. The van der Waals surface area contributed by atoms with E-state index in [-0.39, 0.29) is 17.7 Å². The lowest BCUT2D eigenvalue weighted by Gasteiger charge is -2.14. The summed E-state index contributed by atoms with van der Waals surface area (Å²) < 4.78 is 0. The molecular formula is C20H22N2O2. The summed E-state index contributed by atoms with van der Waals surface area (Å²) >= 11 is 0. The Hall–Kier alpha value is -2.62. The van der Waals surface area contributed by atoms with Crippen LogP contribution in [-0.2, 0) is 4.79 Å². The molecule has 2 amide bonds. The predicted molar refractivity (Wildman–Crippen MR) is 95.0 cm³/mol. The minimum Gasteiger partial charge on any atom is -0.349 e. The molecule has 2 aromatic carbocycles. The van der Waals surface area contributed by atoms with Gasteiger partial charge in [-0.15, -0.1) is 0 Å². The van der Waals surface area contributed by atoms with Crippen LogP contribution in [0.3, 0.4) is 0 Å². The fraction of sp³-hybridized carbons (Fsp3) is 0.300. The quantitative estimate of drug-likeness (QED) is 0.852. The molecule has 2 N–H and O–H groups in total. The third-order valence-corrected chi connectivity index (χ3v) is 4.22. The molecule has 24 heavy (non-hydrogen) atoms. The standard InChI is InChI=1S/C20H22N2O2/c1-14(15-7-3-2-4-8-15)13-19(23)22-18-10-6-5-9-17(18)20(24)21-16-11-12-16/h2-10,14,16H,11-13H2,1H3,(H,21,24)(H,22,23). The number of para-hydroxylation sites is 1. The number of hydrogen-bond donors (Lipinski definition) is 2. The summed E-state index contributed by atoms with van der Waals surface area (Å²) in [7, 11) is 0. The van der Waals surface area contributed by atoms with E-state index < -0.39 is 0 Å². The van der Waals surface area contributed by atoms with Crippen LogP contribution in [-0.4, -0.2) is 17.9 Å². The molecule has 1 unspecified atom stereocenters. The highest BCUT2D eigenvalue weighted by Crippen LogP contribution is 2.23. The van der Waals surface area contributed by atoms with Crippen molar-refractivity contribution >= 4 is 17.5 Å². The zero-order chi connectivity index (χ0) is 16.9. The van der Waals surface area contributed by atoms with Crippen LogP contribution in [0.25, 0.3) is 0 Å².